The van der Waals surface area contributed by atoms with E-state index in [2.05, 4.69) is 15.3 Å². The number of carbonyl (C=O) groups excluding carboxylic acids is 1. The van der Waals surface area contributed by atoms with E-state index in [9.17, 15) is 9.18 Å². The van der Waals surface area contributed by atoms with Gasteiger partial charge < -0.3 is 10.3 Å². The molecule has 0 saturated heterocycles. The van der Waals surface area contributed by atoms with Crippen LogP contribution in [-0.4, -0.2) is 15.9 Å². The lowest BCUT2D eigenvalue weighted by Crippen LogP contribution is -2.44. The predicted octanol–water partition coefficient (Wildman–Crippen LogP) is 3.90. The summed E-state index contributed by atoms with van der Waals surface area (Å²) >= 11 is 0. The van der Waals surface area contributed by atoms with Gasteiger partial charge >= 0.3 is 0 Å². The standard InChI is InChI=1S/C19H18FN3O/c20-15-6-2-1-5-14(15)19(9-3-4-10-19)23-18(24)13-7-8-16-17(11-13)22-12-21-16/h1-2,5-8,11-12H,3-4,9-10H2,(H,21,22)(H,23,24). The van der Waals surface area contributed by atoms with E-state index in [1.807, 2.05) is 12.1 Å². The Morgan fingerprint density at radius 1 is 1.17 bits per heavy atom. The lowest BCUT2D eigenvalue weighted by molar-refractivity contribution is 0.0896. The van der Waals surface area contributed by atoms with Gasteiger partial charge in [-0.25, -0.2) is 9.37 Å². The molecule has 1 amide bonds. The highest BCUT2D eigenvalue weighted by molar-refractivity contribution is 5.97. The Bertz CT molecular complexity index is 896. The number of aromatic amines is 1. The molecular weight excluding hydrogens is 305 g/mol. The second-order valence-electron chi connectivity index (χ2n) is 6.36. The molecule has 5 heteroatoms. The van der Waals surface area contributed by atoms with Gasteiger partial charge in [0.15, 0.2) is 0 Å². The normalized spacial score (nSPS) is 16.4. The average molecular weight is 323 g/mol. The van der Waals surface area contributed by atoms with Crippen molar-refractivity contribution < 1.29 is 9.18 Å². The van der Waals surface area contributed by atoms with Gasteiger partial charge in [0, 0.05) is 11.1 Å². The van der Waals surface area contributed by atoms with Crippen LogP contribution in [0.3, 0.4) is 0 Å². The molecule has 0 bridgehead atoms. The zero-order valence-corrected chi connectivity index (χ0v) is 13.2. The van der Waals surface area contributed by atoms with Gasteiger partial charge in [-0.05, 0) is 37.1 Å². The molecule has 1 aromatic heterocycles. The molecule has 122 valence electrons. The lowest BCUT2D eigenvalue weighted by atomic mass is 9.87. The summed E-state index contributed by atoms with van der Waals surface area (Å²) in [5.74, 6) is -0.444. The number of fused-ring (bicyclic) bond motifs is 1. The third-order valence-electron chi connectivity index (χ3n) is 4.88. The summed E-state index contributed by atoms with van der Waals surface area (Å²) in [4.78, 5) is 20.0. The van der Waals surface area contributed by atoms with E-state index in [0.717, 1.165) is 36.7 Å². The monoisotopic (exact) mass is 323 g/mol. The van der Waals surface area contributed by atoms with Gasteiger partial charge in [0.25, 0.3) is 5.91 Å². The molecule has 1 aliphatic rings. The van der Waals surface area contributed by atoms with E-state index >= 15 is 0 Å². The summed E-state index contributed by atoms with van der Waals surface area (Å²) in [6.07, 6.45) is 5.07. The minimum Gasteiger partial charge on any atom is -0.345 e. The van der Waals surface area contributed by atoms with Crippen molar-refractivity contribution >= 4 is 16.9 Å². The Balaban J connectivity index is 1.68. The molecule has 3 aromatic rings. The molecule has 2 aromatic carbocycles. The number of aromatic nitrogens is 2. The van der Waals surface area contributed by atoms with E-state index in [4.69, 9.17) is 0 Å². The number of halogens is 1. The van der Waals surface area contributed by atoms with Crippen LogP contribution in [0.4, 0.5) is 4.39 Å². The smallest absolute Gasteiger partial charge is 0.252 e. The summed E-state index contributed by atoms with van der Waals surface area (Å²) < 4.78 is 14.3. The highest BCUT2D eigenvalue weighted by atomic mass is 19.1. The molecule has 2 N–H and O–H groups in total. The number of hydrogen-bond acceptors (Lipinski definition) is 2. The second kappa shape index (κ2) is 5.74. The molecule has 0 aliphatic heterocycles. The van der Waals surface area contributed by atoms with Gasteiger partial charge in [-0.15, -0.1) is 0 Å². The highest BCUT2D eigenvalue weighted by Crippen LogP contribution is 2.40. The minimum absolute atomic E-state index is 0.184. The van der Waals surface area contributed by atoms with Gasteiger partial charge in [-0.1, -0.05) is 31.0 Å². The first-order valence-corrected chi connectivity index (χ1v) is 8.19. The molecule has 1 heterocycles. The molecule has 0 radical (unpaired) electrons. The van der Waals surface area contributed by atoms with Crippen molar-refractivity contribution in [1.82, 2.24) is 15.3 Å². The lowest BCUT2D eigenvalue weighted by Gasteiger charge is -2.31. The fourth-order valence-corrected chi connectivity index (χ4v) is 3.66. The third kappa shape index (κ3) is 2.46. The molecule has 1 aliphatic carbocycles. The number of nitrogens with one attached hydrogen (secondary N) is 2. The summed E-state index contributed by atoms with van der Waals surface area (Å²) in [6, 6.07) is 12.1. The van der Waals surface area contributed by atoms with Crippen molar-refractivity contribution in [2.24, 2.45) is 0 Å². The van der Waals surface area contributed by atoms with Crippen LogP contribution < -0.4 is 5.32 Å². The number of nitrogens with zero attached hydrogens (tertiary/aromatic N) is 1. The molecule has 0 atom stereocenters. The van der Waals surface area contributed by atoms with Crippen LogP contribution in [0.25, 0.3) is 11.0 Å². The number of amides is 1. The summed E-state index contributed by atoms with van der Waals surface area (Å²) in [5, 5.41) is 3.11. The van der Waals surface area contributed by atoms with Crippen molar-refractivity contribution in [2.45, 2.75) is 31.2 Å². The number of H-pyrrole nitrogens is 1. The van der Waals surface area contributed by atoms with E-state index in [1.165, 1.54) is 6.07 Å². The van der Waals surface area contributed by atoms with Gasteiger partial charge in [0.2, 0.25) is 0 Å². The number of benzene rings is 2. The van der Waals surface area contributed by atoms with E-state index in [-0.39, 0.29) is 11.7 Å². The van der Waals surface area contributed by atoms with Crippen molar-refractivity contribution in [2.75, 3.05) is 0 Å². The van der Waals surface area contributed by atoms with Crippen molar-refractivity contribution in [1.29, 1.82) is 0 Å². The van der Waals surface area contributed by atoms with Gasteiger partial charge in [-0.2, -0.15) is 0 Å². The van der Waals surface area contributed by atoms with Crippen LogP contribution in [0.1, 0.15) is 41.6 Å². The van der Waals surface area contributed by atoms with Gasteiger partial charge in [-0.3, -0.25) is 4.79 Å². The molecule has 4 nitrogen and oxygen atoms in total. The molecule has 0 spiro atoms. The zero-order chi connectivity index (χ0) is 16.6. The molecule has 4 rings (SSSR count). The SMILES string of the molecule is O=C(NC1(c2ccccc2F)CCCC1)c1ccc2nc[nH]c2c1. The van der Waals surface area contributed by atoms with E-state index in [1.54, 1.807) is 30.6 Å². The molecule has 24 heavy (non-hydrogen) atoms. The molecule has 1 saturated carbocycles. The maximum Gasteiger partial charge on any atom is 0.252 e. The van der Waals surface area contributed by atoms with Gasteiger partial charge in [0.1, 0.15) is 5.82 Å². The first-order valence-electron chi connectivity index (χ1n) is 8.19. The van der Waals surface area contributed by atoms with Gasteiger partial charge in [0.05, 0.1) is 22.9 Å². The van der Waals surface area contributed by atoms with E-state index < -0.39 is 5.54 Å². The van der Waals surface area contributed by atoms with Crippen LogP contribution in [0.5, 0.6) is 0 Å². The Morgan fingerprint density at radius 2 is 1.96 bits per heavy atom. The summed E-state index contributed by atoms with van der Waals surface area (Å²) in [7, 11) is 0. The maximum absolute atomic E-state index is 14.3. The molecule has 1 fully saturated rings. The number of hydrogen-bond donors (Lipinski definition) is 2. The number of carbonyl (C=O) groups is 1. The Kier molecular flexibility index (Phi) is 3.56. The maximum atomic E-state index is 14.3. The van der Waals surface area contributed by atoms with Crippen molar-refractivity contribution in [3.63, 3.8) is 0 Å². The first-order chi connectivity index (χ1) is 11.7. The highest BCUT2D eigenvalue weighted by Gasteiger charge is 2.39. The van der Waals surface area contributed by atoms with Crippen LogP contribution in [0, 0.1) is 5.82 Å². The number of imidazole rings is 1. The fraction of sp³-hybridized carbons (Fsp3) is 0.263. The first kappa shape index (κ1) is 14.9. The van der Waals surface area contributed by atoms with Crippen LogP contribution >= 0.6 is 0 Å². The fourth-order valence-electron chi connectivity index (χ4n) is 3.66. The Morgan fingerprint density at radius 3 is 2.75 bits per heavy atom. The molecular formula is C19H18FN3O. The second-order valence-corrected chi connectivity index (χ2v) is 6.36. The summed E-state index contributed by atoms with van der Waals surface area (Å²) in [6.45, 7) is 0. The van der Waals surface area contributed by atoms with Crippen molar-refractivity contribution in [3.05, 3.63) is 65.7 Å². The van der Waals surface area contributed by atoms with Crippen LogP contribution in [0.15, 0.2) is 48.8 Å². The number of rotatable bonds is 3. The predicted molar refractivity (Wildman–Crippen MR) is 90.1 cm³/mol. The summed E-state index contributed by atoms with van der Waals surface area (Å²) in [5.41, 5.74) is 2.14. The largest absolute Gasteiger partial charge is 0.345 e. The van der Waals surface area contributed by atoms with Crippen LogP contribution in [-0.2, 0) is 5.54 Å². The van der Waals surface area contributed by atoms with Crippen molar-refractivity contribution in [3.8, 4) is 0 Å². The van der Waals surface area contributed by atoms with Crippen LogP contribution in [0.2, 0.25) is 0 Å². The third-order valence-corrected chi connectivity index (χ3v) is 4.88. The Hall–Kier alpha value is -2.69. The minimum atomic E-state index is -0.620. The zero-order valence-electron chi connectivity index (χ0n) is 13.2. The molecule has 0 unspecified atom stereocenters. The quantitative estimate of drug-likeness (QED) is 0.768. The topological polar surface area (TPSA) is 57.8 Å². The van der Waals surface area contributed by atoms with E-state index in [0.29, 0.717) is 11.1 Å². The Labute approximate surface area is 139 Å². The average Bonchev–Trinajstić information content (AvgIpc) is 3.24.